The van der Waals surface area contributed by atoms with E-state index >= 15 is 0 Å². The van der Waals surface area contributed by atoms with Gasteiger partial charge in [-0.3, -0.25) is 20.4 Å². The quantitative estimate of drug-likeness (QED) is 0.410. The van der Waals surface area contributed by atoms with Gasteiger partial charge in [0.05, 0.1) is 5.56 Å². The lowest BCUT2D eigenvalue weighted by Crippen LogP contribution is -2.46. The Balaban J connectivity index is 2.03. The molecule has 0 saturated heterocycles. The van der Waals surface area contributed by atoms with Crippen molar-refractivity contribution in [2.75, 3.05) is 0 Å². The second kappa shape index (κ2) is 5.70. The molecule has 0 radical (unpaired) electrons. The van der Waals surface area contributed by atoms with Crippen molar-refractivity contribution in [1.29, 1.82) is 0 Å². The average molecular weight is 273 g/mol. The van der Waals surface area contributed by atoms with Gasteiger partial charge in [-0.15, -0.1) is 0 Å². The van der Waals surface area contributed by atoms with Gasteiger partial charge < -0.3 is 10.3 Å². The second-order valence-corrected chi connectivity index (χ2v) is 3.84. The lowest BCUT2D eigenvalue weighted by molar-refractivity contribution is -0.607. The number of nitrogens with zero attached hydrogens (tertiary/aromatic N) is 1. The Morgan fingerprint density at radius 2 is 1.65 bits per heavy atom. The van der Waals surface area contributed by atoms with Gasteiger partial charge in [0.2, 0.25) is 0 Å². The molecule has 0 aliphatic carbocycles. The number of hydrazine groups is 1. The Labute approximate surface area is 114 Å². The van der Waals surface area contributed by atoms with Gasteiger partial charge in [0.1, 0.15) is 5.75 Å². The standard InChI is InChI=1S/C13H11N3O4/c17-11-7-2-1-5-9(11)12(18)14-15-13(19)10-6-3-4-8-16(10)20/h1-8,17H,(H,14,18)(H,15,19). The maximum atomic E-state index is 11.7. The summed E-state index contributed by atoms with van der Waals surface area (Å²) in [4.78, 5) is 23.4. The van der Waals surface area contributed by atoms with Gasteiger partial charge >= 0.3 is 5.91 Å². The molecule has 2 rings (SSSR count). The van der Waals surface area contributed by atoms with Crippen LogP contribution in [0.25, 0.3) is 0 Å². The van der Waals surface area contributed by atoms with Crippen molar-refractivity contribution in [3.05, 3.63) is 65.1 Å². The highest BCUT2D eigenvalue weighted by Crippen LogP contribution is 2.14. The number of carbonyl (C=O) groups is 2. The van der Waals surface area contributed by atoms with Crippen LogP contribution in [0.5, 0.6) is 5.75 Å². The molecular weight excluding hydrogens is 262 g/mol. The maximum absolute atomic E-state index is 11.7. The third-order valence-corrected chi connectivity index (χ3v) is 2.49. The lowest BCUT2D eigenvalue weighted by atomic mass is 10.2. The minimum Gasteiger partial charge on any atom is -0.618 e. The van der Waals surface area contributed by atoms with E-state index < -0.39 is 11.8 Å². The molecule has 102 valence electrons. The molecule has 0 spiro atoms. The van der Waals surface area contributed by atoms with Gasteiger partial charge in [-0.05, 0) is 18.2 Å². The molecule has 1 aromatic carbocycles. The van der Waals surface area contributed by atoms with Crippen LogP contribution >= 0.6 is 0 Å². The Kier molecular flexibility index (Phi) is 3.80. The van der Waals surface area contributed by atoms with E-state index in [9.17, 15) is 19.9 Å². The molecule has 0 saturated carbocycles. The summed E-state index contributed by atoms with van der Waals surface area (Å²) in [5.41, 5.74) is 4.06. The fourth-order valence-corrected chi connectivity index (χ4v) is 1.51. The molecule has 0 aliphatic heterocycles. The van der Waals surface area contributed by atoms with Crippen molar-refractivity contribution in [2.24, 2.45) is 0 Å². The van der Waals surface area contributed by atoms with E-state index in [1.807, 2.05) is 0 Å². The van der Waals surface area contributed by atoms with Gasteiger partial charge in [0.15, 0.2) is 6.20 Å². The van der Waals surface area contributed by atoms with Gasteiger partial charge in [0.25, 0.3) is 11.6 Å². The Bertz CT molecular complexity index is 600. The topological polar surface area (TPSA) is 105 Å². The van der Waals surface area contributed by atoms with E-state index in [4.69, 9.17) is 0 Å². The van der Waals surface area contributed by atoms with Gasteiger partial charge in [-0.25, -0.2) is 0 Å². The zero-order valence-electron chi connectivity index (χ0n) is 10.2. The minimum absolute atomic E-state index is 0.0101. The Hall–Kier alpha value is -3.09. The van der Waals surface area contributed by atoms with Gasteiger partial charge in [-0.1, -0.05) is 12.1 Å². The largest absolute Gasteiger partial charge is 0.618 e. The highest BCUT2D eigenvalue weighted by molar-refractivity contribution is 5.99. The molecule has 0 aliphatic rings. The fourth-order valence-electron chi connectivity index (χ4n) is 1.51. The van der Waals surface area contributed by atoms with Crippen molar-refractivity contribution in [1.82, 2.24) is 10.9 Å². The number of phenolic OH excluding ortho intramolecular Hbond substituents is 1. The van der Waals surface area contributed by atoms with Crippen molar-refractivity contribution >= 4 is 11.8 Å². The molecule has 2 aromatic rings. The van der Waals surface area contributed by atoms with E-state index in [0.29, 0.717) is 4.73 Å². The second-order valence-electron chi connectivity index (χ2n) is 3.84. The first-order valence-electron chi connectivity index (χ1n) is 5.66. The van der Waals surface area contributed by atoms with Crippen molar-refractivity contribution < 1.29 is 19.4 Å². The molecule has 0 atom stereocenters. The van der Waals surface area contributed by atoms with Crippen LogP contribution in [0.4, 0.5) is 0 Å². The zero-order valence-corrected chi connectivity index (χ0v) is 10.2. The fraction of sp³-hybridized carbons (Fsp3) is 0. The Morgan fingerprint density at radius 3 is 2.35 bits per heavy atom. The van der Waals surface area contributed by atoms with Crippen LogP contribution in [0.1, 0.15) is 20.8 Å². The molecule has 0 fully saturated rings. The average Bonchev–Trinajstić information content (AvgIpc) is 2.45. The number of para-hydroxylation sites is 1. The minimum atomic E-state index is -0.760. The van der Waals surface area contributed by atoms with Crippen LogP contribution in [0.3, 0.4) is 0 Å². The summed E-state index contributed by atoms with van der Waals surface area (Å²) in [6, 6.07) is 10.2. The van der Waals surface area contributed by atoms with Gasteiger partial charge in [0, 0.05) is 12.1 Å². The highest BCUT2D eigenvalue weighted by atomic mass is 16.5. The van der Waals surface area contributed by atoms with E-state index in [1.54, 1.807) is 12.1 Å². The van der Waals surface area contributed by atoms with Crippen molar-refractivity contribution in [3.63, 3.8) is 0 Å². The maximum Gasteiger partial charge on any atom is 0.335 e. The number of phenols is 1. The molecular formula is C13H11N3O4. The van der Waals surface area contributed by atoms with Crippen LogP contribution in [0, 0.1) is 5.21 Å². The van der Waals surface area contributed by atoms with Crippen LogP contribution in [-0.2, 0) is 0 Å². The molecule has 0 unspecified atom stereocenters. The molecule has 2 amide bonds. The summed E-state index contributed by atoms with van der Waals surface area (Å²) in [5.74, 6) is -1.66. The third-order valence-electron chi connectivity index (χ3n) is 2.49. The van der Waals surface area contributed by atoms with Crippen LogP contribution < -0.4 is 15.6 Å². The normalized spacial score (nSPS) is 9.80. The van der Waals surface area contributed by atoms with E-state index in [2.05, 4.69) is 10.9 Å². The number of hydrogen-bond donors (Lipinski definition) is 3. The third kappa shape index (κ3) is 2.83. The summed E-state index contributed by atoms with van der Waals surface area (Å²) in [6.07, 6.45) is 1.17. The number of amides is 2. The number of aromatic nitrogens is 1. The monoisotopic (exact) mass is 273 g/mol. The van der Waals surface area contributed by atoms with Crippen LogP contribution in [0.2, 0.25) is 0 Å². The molecule has 20 heavy (non-hydrogen) atoms. The number of carbonyl (C=O) groups excluding carboxylic acids is 2. The molecule has 3 N–H and O–H groups in total. The number of nitrogens with one attached hydrogen (secondary N) is 2. The van der Waals surface area contributed by atoms with Crippen molar-refractivity contribution in [3.8, 4) is 5.75 Å². The van der Waals surface area contributed by atoms with E-state index in [-0.39, 0.29) is 17.0 Å². The first kappa shape index (κ1) is 13.3. The highest BCUT2D eigenvalue weighted by Gasteiger charge is 2.16. The van der Waals surface area contributed by atoms with Crippen molar-refractivity contribution in [2.45, 2.75) is 0 Å². The number of aromatic hydroxyl groups is 1. The molecule has 7 heteroatoms. The SMILES string of the molecule is O=C(NNC(=O)c1cccc[n+]1[O-])c1ccccc1O. The number of rotatable bonds is 2. The van der Waals surface area contributed by atoms with E-state index in [1.165, 1.54) is 36.5 Å². The summed E-state index contributed by atoms with van der Waals surface area (Å²) in [5, 5.41) is 20.8. The zero-order chi connectivity index (χ0) is 14.5. The van der Waals surface area contributed by atoms with Crippen LogP contribution in [-0.4, -0.2) is 16.9 Å². The summed E-state index contributed by atoms with van der Waals surface area (Å²) in [7, 11) is 0. The lowest BCUT2D eigenvalue weighted by Gasteiger charge is -2.08. The molecule has 7 nitrogen and oxygen atoms in total. The molecule has 1 heterocycles. The number of benzene rings is 1. The predicted octanol–water partition coefficient (Wildman–Crippen LogP) is 0.100. The van der Waals surface area contributed by atoms with E-state index in [0.717, 1.165) is 0 Å². The van der Waals surface area contributed by atoms with Gasteiger partial charge in [-0.2, -0.15) is 4.73 Å². The molecule has 0 bridgehead atoms. The summed E-state index contributed by atoms with van der Waals surface area (Å²) >= 11 is 0. The first-order valence-corrected chi connectivity index (χ1v) is 5.66. The summed E-state index contributed by atoms with van der Waals surface area (Å²) < 4.78 is 0.376. The number of hydrogen-bond acceptors (Lipinski definition) is 4. The number of pyridine rings is 1. The Morgan fingerprint density at radius 1 is 1.00 bits per heavy atom. The first-order chi connectivity index (χ1) is 9.59. The smallest absolute Gasteiger partial charge is 0.335 e. The van der Waals surface area contributed by atoms with Crippen LogP contribution in [0.15, 0.2) is 48.7 Å². The molecule has 1 aromatic heterocycles. The summed E-state index contributed by atoms with van der Waals surface area (Å²) in [6.45, 7) is 0. The predicted molar refractivity (Wildman–Crippen MR) is 68.4 cm³/mol.